The van der Waals surface area contributed by atoms with Crippen molar-refractivity contribution in [1.29, 1.82) is 0 Å². The highest BCUT2D eigenvalue weighted by Gasteiger charge is 2.10. The summed E-state index contributed by atoms with van der Waals surface area (Å²) in [5.41, 5.74) is 3.63. The van der Waals surface area contributed by atoms with Crippen LogP contribution in [0.4, 0.5) is 5.69 Å². The zero-order chi connectivity index (χ0) is 20.1. The first-order valence-electron chi connectivity index (χ1n) is 8.01. The number of nitro groups is 1. The Balaban J connectivity index is 1.61. The Labute approximate surface area is 164 Å². The van der Waals surface area contributed by atoms with Crippen LogP contribution in [0.1, 0.15) is 21.6 Å². The lowest BCUT2D eigenvalue weighted by Crippen LogP contribution is -2.18. The number of carbonyl (C=O) groups excluding carboxylic acids is 1. The van der Waals surface area contributed by atoms with E-state index in [1.54, 1.807) is 18.3 Å². The van der Waals surface area contributed by atoms with Gasteiger partial charge >= 0.3 is 0 Å². The molecule has 0 aliphatic rings. The predicted molar refractivity (Wildman–Crippen MR) is 103 cm³/mol. The van der Waals surface area contributed by atoms with Gasteiger partial charge in [-0.2, -0.15) is 10.2 Å². The molecule has 0 saturated heterocycles. The second-order valence-corrected chi connectivity index (χ2v) is 6.16. The van der Waals surface area contributed by atoms with E-state index in [1.165, 1.54) is 47.3 Å². The van der Waals surface area contributed by atoms with Gasteiger partial charge in [-0.05, 0) is 29.8 Å². The van der Waals surface area contributed by atoms with E-state index in [-0.39, 0.29) is 17.1 Å². The molecule has 28 heavy (non-hydrogen) atoms. The second-order valence-electron chi connectivity index (χ2n) is 5.72. The molecule has 10 heteroatoms. The Morgan fingerprint density at radius 3 is 2.75 bits per heavy atom. The second kappa shape index (κ2) is 8.31. The Kier molecular flexibility index (Phi) is 5.66. The van der Waals surface area contributed by atoms with E-state index >= 15 is 0 Å². The molecule has 142 valence electrons. The van der Waals surface area contributed by atoms with Crippen molar-refractivity contribution in [3.8, 4) is 5.75 Å². The molecule has 2 aromatic carbocycles. The summed E-state index contributed by atoms with van der Waals surface area (Å²) in [6.45, 7) is 0.352. The number of phenolic OH excluding ortho intramolecular Hbond substituents is 1. The van der Waals surface area contributed by atoms with E-state index < -0.39 is 10.8 Å². The minimum atomic E-state index is -0.528. The van der Waals surface area contributed by atoms with E-state index in [4.69, 9.17) is 11.6 Å². The third-order valence-corrected chi connectivity index (χ3v) is 3.96. The highest BCUT2D eigenvalue weighted by atomic mass is 35.5. The van der Waals surface area contributed by atoms with Gasteiger partial charge in [-0.25, -0.2) is 5.43 Å². The van der Waals surface area contributed by atoms with Gasteiger partial charge in [-0.15, -0.1) is 0 Å². The van der Waals surface area contributed by atoms with Gasteiger partial charge in [-0.3, -0.25) is 19.6 Å². The van der Waals surface area contributed by atoms with Gasteiger partial charge in [0.25, 0.3) is 11.6 Å². The van der Waals surface area contributed by atoms with Gasteiger partial charge in [0.2, 0.25) is 0 Å². The molecular weight excluding hydrogens is 386 g/mol. The number of benzene rings is 2. The molecule has 0 spiro atoms. The van der Waals surface area contributed by atoms with Crippen LogP contribution in [0.25, 0.3) is 0 Å². The normalized spacial score (nSPS) is 10.9. The number of aromatic hydroxyl groups is 1. The Morgan fingerprint density at radius 1 is 1.29 bits per heavy atom. The van der Waals surface area contributed by atoms with E-state index in [1.807, 2.05) is 0 Å². The molecule has 1 amide bonds. The summed E-state index contributed by atoms with van der Waals surface area (Å²) in [5, 5.41) is 28.7. The fourth-order valence-corrected chi connectivity index (χ4v) is 2.51. The lowest BCUT2D eigenvalue weighted by Gasteiger charge is -2.02. The van der Waals surface area contributed by atoms with Gasteiger partial charge in [0.1, 0.15) is 5.75 Å². The maximum Gasteiger partial charge on any atom is 0.291 e. The molecule has 0 aliphatic carbocycles. The summed E-state index contributed by atoms with van der Waals surface area (Å²) >= 11 is 5.84. The quantitative estimate of drug-likeness (QED) is 0.374. The number of hydrazone groups is 1. The number of carbonyl (C=O) groups is 1. The highest BCUT2D eigenvalue weighted by Crippen LogP contribution is 2.19. The van der Waals surface area contributed by atoms with Crippen molar-refractivity contribution in [1.82, 2.24) is 15.2 Å². The minimum absolute atomic E-state index is 0.00730. The molecule has 1 aromatic heterocycles. The first kappa shape index (κ1) is 19.1. The maximum absolute atomic E-state index is 12.1. The zero-order valence-electron chi connectivity index (χ0n) is 14.3. The Morgan fingerprint density at radius 2 is 2.04 bits per heavy atom. The highest BCUT2D eigenvalue weighted by molar-refractivity contribution is 6.30. The SMILES string of the molecule is O=C(N/N=C\c1cc(Cl)ccc1O)c1ccn(Cc2ccc([N+](=O)[O-])cc2)n1. The molecule has 1 heterocycles. The molecule has 0 fully saturated rings. The zero-order valence-corrected chi connectivity index (χ0v) is 15.1. The van der Waals surface area contributed by atoms with Crippen molar-refractivity contribution in [2.24, 2.45) is 5.10 Å². The van der Waals surface area contributed by atoms with Crippen molar-refractivity contribution in [2.75, 3.05) is 0 Å². The Hall–Kier alpha value is -3.72. The average molecular weight is 400 g/mol. The molecule has 0 radical (unpaired) electrons. The third-order valence-electron chi connectivity index (χ3n) is 3.72. The number of nitro benzene ring substituents is 1. The van der Waals surface area contributed by atoms with Crippen LogP contribution < -0.4 is 5.43 Å². The first-order valence-corrected chi connectivity index (χ1v) is 8.39. The van der Waals surface area contributed by atoms with Crippen LogP contribution in [0.5, 0.6) is 5.75 Å². The summed E-state index contributed by atoms with van der Waals surface area (Å²) in [6.07, 6.45) is 2.88. The number of aromatic nitrogens is 2. The van der Waals surface area contributed by atoms with Crippen molar-refractivity contribution < 1.29 is 14.8 Å². The summed E-state index contributed by atoms with van der Waals surface area (Å²) in [5.74, 6) is -0.546. The lowest BCUT2D eigenvalue weighted by molar-refractivity contribution is -0.384. The van der Waals surface area contributed by atoms with Crippen molar-refractivity contribution in [2.45, 2.75) is 6.54 Å². The van der Waals surface area contributed by atoms with Gasteiger partial charge in [0.05, 0.1) is 17.7 Å². The number of non-ortho nitro benzene ring substituents is 1. The standard InChI is InChI=1S/C18H14ClN5O4/c19-14-3-6-17(25)13(9-14)10-20-21-18(26)16-7-8-23(22-16)11-12-1-4-15(5-2-12)24(27)28/h1-10,25H,11H2,(H,21,26)/b20-10-. The largest absolute Gasteiger partial charge is 0.507 e. The van der Waals surface area contributed by atoms with Crippen LogP contribution in [0.2, 0.25) is 5.02 Å². The van der Waals surface area contributed by atoms with Gasteiger partial charge in [0.15, 0.2) is 5.69 Å². The minimum Gasteiger partial charge on any atom is -0.507 e. The molecule has 3 rings (SSSR count). The van der Waals surface area contributed by atoms with Crippen LogP contribution >= 0.6 is 11.6 Å². The number of nitrogens with one attached hydrogen (secondary N) is 1. The van der Waals surface area contributed by atoms with Crippen molar-refractivity contribution in [3.05, 3.63) is 86.7 Å². The predicted octanol–water partition coefficient (Wildman–Crippen LogP) is 2.96. The number of hydrogen-bond donors (Lipinski definition) is 2. The maximum atomic E-state index is 12.1. The summed E-state index contributed by atoms with van der Waals surface area (Å²) < 4.78 is 1.53. The average Bonchev–Trinajstić information content (AvgIpc) is 3.13. The van der Waals surface area contributed by atoms with E-state index in [9.17, 15) is 20.0 Å². The van der Waals surface area contributed by atoms with E-state index in [0.29, 0.717) is 17.1 Å². The smallest absolute Gasteiger partial charge is 0.291 e. The fraction of sp³-hybridized carbons (Fsp3) is 0.0556. The van der Waals surface area contributed by atoms with E-state index in [0.717, 1.165) is 5.56 Å². The molecule has 0 unspecified atom stereocenters. The van der Waals surface area contributed by atoms with Crippen LogP contribution in [0.15, 0.2) is 59.8 Å². The van der Waals surface area contributed by atoms with Crippen LogP contribution in [-0.4, -0.2) is 31.9 Å². The molecular formula is C18H14ClN5O4. The lowest BCUT2D eigenvalue weighted by atomic mass is 10.2. The number of halogens is 1. The molecule has 3 aromatic rings. The number of phenols is 1. The molecule has 0 aliphatic heterocycles. The third kappa shape index (κ3) is 4.71. The fourth-order valence-electron chi connectivity index (χ4n) is 2.33. The number of rotatable bonds is 6. The van der Waals surface area contributed by atoms with Crippen molar-refractivity contribution >= 4 is 29.4 Å². The van der Waals surface area contributed by atoms with Crippen LogP contribution in [0, 0.1) is 10.1 Å². The van der Waals surface area contributed by atoms with Gasteiger partial charge in [0, 0.05) is 28.9 Å². The molecule has 2 N–H and O–H groups in total. The molecule has 0 atom stereocenters. The van der Waals surface area contributed by atoms with Gasteiger partial charge in [-0.1, -0.05) is 23.7 Å². The number of hydrogen-bond acceptors (Lipinski definition) is 6. The van der Waals surface area contributed by atoms with E-state index in [2.05, 4.69) is 15.6 Å². The van der Waals surface area contributed by atoms with Crippen LogP contribution in [-0.2, 0) is 6.54 Å². The number of amides is 1. The number of nitrogens with zero attached hydrogens (tertiary/aromatic N) is 4. The summed E-state index contributed by atoms with van der Waals surface area (Å²) in [6, 6.07) is 12.1. The summed E-state index contributed by atoms with van der Waals surface area (Å²) in [4.78, 5) is 22.3. The first-order chi connectivity index (χ1) is 13.4. The van der Waals surface area contributed by atoms with Crippen molar-refractivity contribution in [3.63, 3.8) is 0 Å². The topological polar surface area (TPSA) is 123 Å². The molecule has 0 bridgehead atoms. The molecule has 0 saturated carbocycles. The van der Waals surface area contributed by atoms with Crippen LogP contribution in [0.3, 0.4) is 0 Å². The monoisotopic (exact) mass is 399 g/mol. The van der Waals surface area contributed by atoms with Gasteiger partial charge < -0.3 is 5.11 Å². The Bertz CT molecular complexity index is 1050. The molecule has 9 nitrogen and oxygen atoms in total. The summed E-state index contributed by atoms with van der Waals surface area (Å²) in [7, 11) is 0.